The fraction of sp³-hybridized carbons (Fsp3) is 0.208. The number of ether oxygens (including phenoxy) is 2. The lowest BCUT2D eigenvalue weighted by Gasteiger charge is -2.10. The maximum absolute atomic E-state index is 12.8. The van der Waals surface area contributed by atoms with Gasteiger partial charge in [-0.15, -0.1) is 5.10 Å². The number of unbranched alkanes of at least 4 members (excludes halogenated alkanes) is 1. The van der Waals surface area contributed by atoms with Gasteiger partial charge in [0.25, 0.3) is 5.56 Å². The molecular formula is C24H22ClN3O3S. The van der Waals surface area contributed by atoms with E-state index in [0.29, 0.717) is 38.4 Å². The van der Waals surface area contributed by atoms with Crippen LogP contribution in [0.25, 0.3) is 23.2 Å². The molecule has 2 aromatic carbocycles. The summed E-state index contributed by atoms with van der Waals surface area (Å²) in [4.78, 5) is 17.8. The van der Waals surface area contributed by atoms with Crippen LogP contribution < -0.4 is 19.6 Å². The van der Waals surface area contributed by atoms with E-state index in [4.69, 9.17) is 21.1 Å². The predicted molar refractivity (Wildman–Crippen MR) is 130 cm³/mol. The Bertz CT molecular complexity index is 1360. The molecule has 2 aromatic heterocycles. The van der Waals surface area contributed by atoms with Crippen molar-refractivity contribution in [3.63, 3.8) is 0 Å². The van der Waals surface area contributed by atoms with Crippen molar-refractivity contribution >= 4 is 46.1 Å². The third-order valence-electron chi connectivity index (χ3n) is 4.73. The van der Waals surface area contributed by atoms with Crippen molar-refractivity contribution in [3.8, 4) is 11.5 Å². The minimum atomic E-state index is -0.203. The summed E-state index contributed by atoms with van der Waals surface area (Å²) in [6.07, 6.45) is 7.51. The molecule has 0 saturated carbocycles. The van der Waals surface area contributed by atoms with Crippen LogP contribution in [0.5, 0.6) is 11.5 Å². The van der Waals surface area contributed by atoms with Gasteiger partial charge in [0.1, 0.15) is 0 Å². The summed E-state index contributed by atoms with van der Waals surface area (Å²) in [5.41, 5.74) is 1.61. The monoisotopic (exact) mass is 467 g/mol. The highest BCUT2D eigenvalue weighted by Gasteiger charge is 2.10. The fourth-order valence-electron chi connectivity index (χ4n) is 3.04. The molecule has 0 saturated heterocycles. The summed E-state index contributed by atoms with van der Waals surface area (Å²) < 4.78 is 13.1. The third kappa shape index (κ3) is 5.00. The molecule has 0 fully saturated rings. The van der Waals surface area contributed by atoms with Crippen molar-refractivity contribution < 1.29 is 9.47 Å². The van der Waals surface area contributed by atoms with Crippen LogP contribution in [0.15, 0.2) is 47.3 Å². The van der Waals surface area contributed by atoms with E-state index in [9.17, 15) is 4.79 Å². The van der Waals surface area contributed by atoms with E-state index in [1.165, 1.54) is 15.9 Å². The molecule has 0 aliphatic rings. The van der Waals surface area contributed by atoms with Crippen molar-refractivity contribution in [3.05, 3.63) is 79.3 Å². The van der Waals surface area contributed by atoms with Crippen LogP contribution in [0.2, 0.25) is 5.02 Å². The van der Waals surface area contributed by atoms with E-state index < -0.39 is 0 Å². The van der Waals surface area contributed by atoms with Gasteiger partial charge < -0.3 is 9.47 Å². The Morgan fingerprint density at radius 1 is 1.09 bits per heavy atom. The normalized spacial score (nSPS) is 12.2. The van der Waals surface area contributed by atoms with Gasteiger partial charge in [-0.3, -0.25) is 4.79 Å². The molecule has 0 unspecified atom stereocenters. The molecule has 164 valence electrons. The molecule has 8 heteroatoms. The Morgan fingerprint density at radius 3 is 2.59 bits per heavy atom. The summed E-state index contributed by atoms with van der Waals surface area (Å²) in [5, 5.41) is 5.00. The second-order valence-corrected chi connectivity index (χ2v) is 8.52. The molecule has 32 heavy (non-hydrogen) atoms. The second kappa shape index (κ2) is 9.97. The van der Waals surface area contributed by atoms with Gasteiger partial charge >= 0.3 is 0 Å². The van der Waals surface area contributed by atoms with E-state index in [1.807, 2.05) is 54.6 Å². The van der Waals surface area contributed by atoms with Gasteiger partial charge in [-0.1, -0.05) is 60.6 Å². The molecule has 4 rings (SSSR count). The highest BCUT2D eigenvalue weighted by molar-refractivity contribution is 7.15. The van der Waals surface area contributed by atoms with E-state index in [-0.39, 0.29) is 5.56 Å². The Kier molecular flexibility index (Phi) is 6.87. The number of nitrogens with zero attached hydrogens (tertiary/aromatic N) is 3. The van der Waals surface area contributed by atoms with E-state index in [1.54, 1.807) is 13.2 Å². The first kappa shape index (κ1) is 22.0. The first-order valence-corrected chi connectivity index (χ1v) is 11.4. The summed E-state index contributed by atoms with van der Waals surface area (Å²) in [6, 6.07) is 13.1. The molecule has 0 N–H and O–H groups in total. The van der Waals surface area contributed by atoms with E-state index in [0.717, 1.165) is 24.0 Å². The maximum atomic E-state index is 12.8. The van der Waals surface area contributed by atoms with E-state index in [2.05, 4.69) is 17.0 Å². The van der Waals surface area contributed by atoms with Crippen LogP contribution in [0.4, 0.5) is 0 Å². The first-order chi connectivity index (χ1) is 15.6. The standard InChI is InChI=1S/C24H22ClN3O3S/c1-3-4-13-31-19-11-7-17(14-20(19)30-2)15-21-23(29)28-24(32-21)26-22(27-28)12-8-16-5-9-18(25)10-6-16/h5-12,14-15H,3-4,13H2,1-2H3. The second-order valence-electron chi connectivity index (χ2n) is 7.08. The van der Waals surface area contributed by atoms with Gasteiger partial charge in [-0.2, -0.15) is 9.50 Å². The largest absolute Gasteiger partial charge is 0.493 e. The lowest BCUT2D eigenvalue weighted by Crippen LogP contribution is -2.23. The first-order valence-electron chi connectivity index (χ1n) is 10.2. The Balaban J connectivity index is 1.58. The Labute approximate surface area is 194 Å². The van der Waals surface area contributed by atoms with Gasteiger partial charge in [0.2, 0.25) is 4.96 Å². The molecule has 0 radical (unpaired) electrons. The minimum Gasteiger partial charge on any atom is -0.493 e. The molecule has 6 nitrogen and oxygen atoms in total. The van der Waals surface area contributed by atoms with Gasteiger partial charge in [0.15, 0.2) is 17.3 Å². The molecule has 4 aromatic rings. The number of halogens is 1. The summed E-state index contributed by atoms with van der Waals surface area (Å²) in [7, 11) is 1.60. The van der Waals surface area contributed by atoms with Crippen molar-refractivity contribution in [1.82, 2.24) is 14.6 Å². The highest BCUT2D eigenvalue weighted by atomic mass is 35.5. The van der Waals surface area contributed by atoms with Crippen LogP contribution in [-0.4, -0.2) is 28.3 Å². The van der Waals surface area contributed by atoms with Crippen molar-refractivity contribution in [2.75, 3.05) is 13.7 Å². The lowest BCUT2D eigenvalue weighted by atomic mass is 10.2. The molecule has 2 heterocycles. The predicted octanol–water partition coefficient (Wildman–Crippen LogP) is 4.71. The van der Waals surface area contributed by atoms with Crippen LogP contribution >= 0.6 is 22.9 Å². The number of hydrogen-bond donors (Lipinski definition) is 0. The molecule has 0 amide bonds. The summed E-state index contributed by atoms with van der Waals surface area (Å²) in [5.74, 6) is 1.81. The lowest BCUT2D eigenvalue weighted by molar-refractivity contribution is 0.288. The minimum absolute atomic E-state index is 0.203. The molecule has 0 aliphatic carbocycles. The summed E-state index contributed by atoms with van der Waals surface area (Å²) >= 11 is 7.20. The molecule has 0 bridgehead atoms. The van der Waals surface area contributed by atoms with Gasteiger partial charge in [-0.25, -0.2) is 0 Å². The molecular weight excluding hydrogens is 446 g/mol. The van der Waals surface area contributed by atoms with Crippen LogP contribution in [0, 0.1) is 0 Å². The van der Waals surface area contributed by atoms with Gasteiger partial charge in [0.05, 0.1) is 18.2 Å². The van der Waals surface area contributed by atoms with Crippen LogP contribution in [0.1, 0.15) is 36.7 Å². The average Bonchev–Trinajstić information content (AvgIpc) is 3.33. The van der Waals surface area contributed by atoms with Crippen LogP contribution in [-0.2, 0) is 0 Å². The zero-order valence-electron chi connectivity index (χ0n) is 17.7. The zero-order valence-corrected chi connectivity index (χ0v) is 19.3. The number of benzene rings is 2. The van der Waals surface area contributed by atoms with E-state index >= 15 is 0 Å². The zero-order chi connectivity index (χ0) is 22.5. The number of thiazole rings is 1. The number of methoxy groups -OCH3 is 1. The smallest absolute Gasteiger partial charge is 0.291 e. The molecule has 0 atom stereocenters. The maximum Gasteiger partial charge on any atom is 0.291 e. The Hall–Kier alpha value is -3.16. The van der Waals surface area contributed by atoms with Gasteiger partial charge in [-0.05, 0) is 54.0 Å². The van der Waals surface area contributed by atoms with Crippen molar-refractivity contribution in [1.29, 1.82) is 0 Å². The fourth-order valence-corrected chi connectivity index (χ4v) is 4.08. The number of aromatic nitrogens is 3. The summed E-state index contributed by atoms with van der Waals surface area (Å²) in [6.45, 7) is 2.76. The van der Waals surface area contributed by atoms with Crippen LogP contribution in [0.3, 0.4) is 0 Å². The number of fused-ring (bicyclic) bond motifs is 1. The molecule has 0 aliphatic heterocycles. The Morgan fingerprint density at radius 2 is 1.88 bits per heavy atom. The SMILES string of the molecule is CCCCOc1ccc(C=c2sc3nc(C=Cc4ccc(Cl)cc4)nn3c2=O)cc1OC. The van der Waals surface area contributed by atoms with Crippen molar-refractivity contribution in [2.24, 2.45) is 0 Å². The quantitative estimate of drug-likeness (QED) is 0.351. The number of rotatable bonds is 8. The van der Waals surface area contributed by atoms with Gasteiger partial charge in [0, 0.05) is 5.02 Å². The highest BCUT2D eigenvalue weighted by Crippen LogP contribution is 2.28. The average molecular weight is 468 g/mol. The molecule has 0 spiro atoms. The number of hydrogen-bond acceptors (Lipinski definition) is 6. The van der Waals surface area contributed by atoms with Crippen molar-refractivity contribution in [2.45, 2.75) is 19.8 Å². The topological polar surface area (TPSA) is 65.7 Å². The third-order valence-corrected chi connectivity index (χ3v) is 5.95.